The van der Waals surface area contributed by atoms with E-state index >= 15 is 0 Å². The number of aromatic hydroxyl groups is 1. The fourth-order valence-electron chi connectivity index (χ4n) is 3.20. The van der Waals surface area contributed by atoms with Gasteiger partial charge in [0, 0.05) is 19.1 Å². The number of fused-ring (bicyclic) bond motifs is 1. The lowest BCUT2D eigenvalue weighted by Crippen LogP contribution is -2.49. The van der Waals surface area contributed by atoms with Gasteiger partial charge in [0.2, 0.25) is 0 Å². The molecule has 0 bridgehead atoms. The Labute approximate surface area is 124 Å². The number of rotatable bonds is 1. The Morgan fingerprint density at radius 2 is 1.95 bits per heavy atom. The van der Waals surface area contributed by atoms with E-state index in [0.29, 0.717) is 31.7 Å². The maximum atomic E-state index is 12.2. The molecular formula is C16H22N2O3. The molecule has 1 fully saturated rings. The van der Waals surface area contributed by atoms with E-state index in [1.54, 1.807) is 11.0 Å². The van der Waals surface area contributed by atoms with Crippen molar-refractivity contribution in [2.45, 2.75) is 44.2 Å². The van der Waals surface area contributed by atoms with Crippen LogP contribution in [0.2, 0.25) is 0 Å². The van der Waals surface area contributed by atoms with Crippen LogP contribution < -0.4 is 5.32 Å². The predicted molar refractivity (Wildman–Crippen MR) is 79.3 cm³/mol. The van der Waals surface area contributed by atoms with Crippen molar-refractivity contribution in [1.82, 2.24) is 10.2 Å². The fraction of sp³-hybridized carbons (Fsp3) is 0.562. The van der Waals surface area contributed by atoms with E-state index < -0.39 is 0 Å². The number of phenolic OH excluding ortho intramolecular Hbond substituents is 1. The second kappa shape index (κ2) is 5.93. The zero-order valence-corrected chi connectivity index (χ0v) is 12.1. The van der Waals surface area contributed by atoms with Crippen molar-refractivity contribution >= 4 is 6.03 Å². The summed E-state index contributed by atoms with van der Waals surface area (Å²) < 4.78 is 0. The molecule has 0 aromatic heterocycles. The van der Waals surface area contributed by atoms with Crippen molar-refractivity contribution in [3.05, 3.63) is 29.3 Å². The number of phenols is 1. The van der Waals surface area contributed by atoms with Gasteiger partial charge in [0.1, 0.15) is 5.75 Å². The summed E-state index contributed by atoms with van der Waals surface area (Å²) in [6.07, 6.45) is 3.67. The van der Waals surface area contributed by atoms with Crippen LogP contribution in [-0.4, -0.2) is 46.4 Å². The number of aryl methyl sites for hydroxylation is 1. The molecule has 1 unspecified atom stereocenters. The van der Waals surface area contributed by atoms with Crippen LogP contribution in [0.3, 0.4) is 0 Å². The molecule has 2 amide bonds. The van der Waals surface area contributed by atoms with E-state index in [9.17, 15) is 15.0 Å². The first-order chi connectivity index (χ1) is 10.1. The number of aliphatic hydroxyl groups is 1. The van der Waals surface area contributed by atoms with Gasteiger partial charge in [0.15, 0.2) is 0 Å². The van der Waals surface area contributed by atoms with Crippen LogP contribution in [0, 0.1) is 0 Å². The summed E-state index contributed by atoms with van der Waals surface area (Å²) in [6.45, 7) is 1.26. The molecule has 1 heterocycles. The Morgan fingerprint density at radius 1 is 1.19 bits per heavy atom. The lowest BCUT2D eigenvalue weighted by atomic mass is 9.88. The van der Waals surface area contributed by atoms with Crippen LogP contribution in [0.5, 0.6) is 5.75 Å². The quantitative estimate of drug-likeness (QED) is 0.732. The largest absolute Gasteiger partial charge is 0.508 e. The normalized spacial score (nSPS) is 22.7. The Morgan fingerprint density at radius 3 is 2.71 bits per heavy atom. The SMILES string of the molecule is O=C(NC1CCc2cc(O)ccc2C1)N1CCC(O)CC1. The third-order valence-electron chi connectivity index (χ3n) is 4.50. The summed E-state index contributed by atoms with van der Waals surface area (Å²) in [7, 11) is 0. The van der Waals surface area contributed by atoms with Crippen LogP contribution in [0.4, 0.5) is 4.79 Å². The number of aliphatic hydroxyl groups excluding tert-OH is 1. The topological polar surface area (TPSA) is 72.8 Å². The number of benzene rings is 1. The van der Waals surface area contributed by atoms with Crippen molar-refractivity contribution in [2.24, 2.45) is 0 Å². The highest BCUT2D eigenvalue weighted by molar-refractivity contribution is 5.74. The highest BCUT2D eigenvalue weighted by atomic mass is 16.3. The third-order valence-corrected chi connectivity index (χ3v) is 4.50. The van der Waals surface area contributed by atoms with Crippen molar-refractivity contribution in [3.63, 3.8) is 0 Å². The van der Waals surface area contributed by atoms with Crippen molar-refractivity contribution in [1.29, 1.82) is 0 Å². The fourth-order valence-corrected chi connectivity index (χ4v) is 3.20. The molecule has 1 atom stereocenters. The van der Waals surface area contributed by atoms with Crippen LogP contribution in [0.25, 0.3) is 0 Å². The lowest BCUT2D eigenvalue weighted by Gasteiger charge is -2.32. The van der Waals surface area contributed by atoms with Crippen molar-refractivity contribution in [2.75, 3.05) is 13.1 Å². The summed E-state index contributed by atoms with van der Waals surface area (Å²) in [6, 6.07) is 5.60. The van der Waals surface area contributed by atoms with Crippen LogP contribution >= 0.6 is 0 Å². The van der Waals surface area contributed by atoms with Gasteiger partial charge in [-0.25, -0.2) is 4.79 Å². The second-order valence-corrected chi connectivity index (χ2v) is 6.06. The van der Waals surface area contributed by atoms with Crippen LogP contribution in [-0.2, 0) is 12.8 Å². The molecule has 5 nitrogen and oxygen atoms in total. The molecule has 1 aromatic rings. The van der Waals surface area contributed by atoms with Gasteiger partial charge in [-0.2, -0.15) is 0 Å². The zero-order chi connectivity index (χ0) is 14.8. The lowest BCUT2D eigenvalue weighted by molar-refractivity contribution is 0.0926. The van der Waals surface area contributed by atoms with E-state index in [2.05, 4.69) is 5.32 Å². The molecule has 0 spiro atoms. The van der Waals surface area contributed by atoms with Gasteiger partial charge in [0.25, 0.3) is 0 Å². The number of nitrogens with one attached hydrogen (secondary N) is 1. The Hall–Kier alpha value is -1.75. The van der Waals surface area contributed by atoms with Gasteiger partial charge in [-0.1, -0.05) is 6.07 Å². The highest BCUT2D eigenvalue weighted by Crippen LogP contribution is 2.25. The first-order valence-electron chi connectivity index (χ1n) is 7.66. The van der Waals surface area contributed by atoms with Crippen LogP contribution in [0.15, 0.2) is 18.2 Å². The molecule has 114 valence electrons. The molecular weight excluding hydrogens is 268 g/mol. The highest BCUT2D eigenvalue weighted by Gasteiger charge is 2.25. The Kier molecular flexibility index (Phi) is 4.01. The number of piperidine rings is 1. The first kappa shape index (κ1) is 14.2. The minimum Gasteiger partial charge on any atom is -0.508 e. The van der Waals surface area contributed by atoms with E-state index in [4.69, 9.17) is 0 Å². The number of carbonyl (C=O) groups excluding carboxylic acids is 1. The van der Waals surface area contributed by atoms with Gasteiger partial charge >= 0.3 is 6.03 Å². The van der Waals surface area contributed by atoms with E-state index in [1.807, 2.05) is 12.1 Å². The summed E-state index contributed by atoms with van der Waals surface area (Å²) in [5.74, 6) is 0.308. The molecule has 0 saturated carbocycles. The minimum absolute atomic E-state index is 0.0193. The van der Waals surface area contributed by atoms with E-state index in [1.165, 1.54) is 11.1 Å². The second-order valence-electron chi connectivity index (χ2n) is 6.06. The average Bonchev–Trinajstić information content (AvgIpc) is 2.48. The van der Waals surface area contributed by atoms with Gasteiger partial charge in [-0.05, 0) is 55.4 Å². The predicted octanol–water partition coefficient (Wildman–Crippen LogP) is 1.42. The van der Waals surface area contributed by atoms with Crippen molar-refractivity contribution < 1.29 is 15.0 Å². The Bertz CT molecular complexity index is 524. The third kappa shape index (κ3) is 3.29. The van der Waals surface area contributed by atoms with Gasteiger partial charge in [-0.15, -0.1) is 0 Å². The maximum Gasteiger partial charge on any atom is 0.317 e. The molecule has 1 aliphatic carbocycles. The number of nitrogens with zero attached hydrogens (tertiary/aromatic N) is 1. The number of hydrogen-bond acceptors (Lipinski definition) is 3. The van der Waals surface area contributed by atoms with Gasteiger partial charge in [0.05, 0.1) is 6.10 Å². The molecule has 21 heavy (non-hydrogen) atoms. The molecule has 3 rings (SSSR count). The van der Waals surface area contributed by atoms with Crippen LogP contribution in [0.1, 0.15) is 30.4 Å². The first-order valence-corrected chi connectivity index (χ1v) is 7.66. The summed E-state index contributed by atoms with van der Waals surface area (Å²) in [5.41, 5.74) is 2.39. The summed E-state index contributed by atoms with van der Waals surface area (Å²) in [5, 5.41) is 22.1. The molecule has 1 aromatic carbocycles. The standard InChI is InChI=1S/C16H22N2O3/c19-14-5-7-18(8-6-14)16(21)17-13-3-1-12-10-15(20)4-2-11(12)9-13/h2,4,10,13-14,19-20H,1,3,5-9H2,(H,17,21). The number of amides is 2. The number of urea groups is 1. The van der Waals surface area contributed by atoms with Gasteiger partial charge < -0.3 is 20.4 Å². The molecule has 0 radical (unpaired) electrons. The molecule has 1 aliphatic heterocycles. The van der Waals surface area contributed by atoms with E-state index in [-0.39, 0.29) is 18.2 Å². The monoisotopic (exact) mass is 290 g/mol. The van der Waals surface area contributed by atoms with Gasteiger partial charge in [-0.3, -0.25) is 0 Å². The number of likely N-dealkylation sites (tertiary alicyclic amines) is 1. The molecule has 1 saturated heterocycles. The van der Waals surface area contributed by atoms with E-state index in [0.717, 1.165) is 19.3 Å². The van der Waals surface area contributed by atoms with Crippen molar-refractivity contribution in [3.8, 4) is 5.75 Å². The average molecular weight is 290 g/mol. The minimum atomic E-state index is -0.261. The summed E-state index contributed by atoms with van der Waals surface area (Å²) in [4.78, 5) is 14.0. The smallest absolute Gasteiger partial charge is 0.317 e. The number of hydrogen-bond donors (Lipinski definition) is 3. The summed E-state index contributed by atoms with van der Waals surface area (Å²) >= 11 is 0. The molecule has 5 heteroatoms. The molecule has 2 aliphatic rings. The molecule has 3 N–H and O–H groups in total. The Balaban J connectivity index is 1.57. The maximum absolute atomic E-state index is 12.2. The zero-order valence-electron chi connectivity index (χ0n) is 12.1. The number of carbonyl (C=O) groups is 1.